The van der Waals surface area contributed by atoms with Crippen LogP contribution in [0.3, 0.4) is 0 Å². The Morgan fingerprint density at radius 3 is 2.49 bits per heavy atom. The molecule has 2 aliphatic heterocycles. The van der Waals surface area contributed by atoms with Gasteiger partial charge in [-0.3, -0.25) is 14.5 Å². The molecule has 0 radical (unpaired) electrons. The van der Waals surface area contributed by atoms with Crippen LogP contribution in [0.1, 0.15) is 57.7 Å². The van der Waals surface area contributed by atoms with Gasteiger partial charge in [0.1, 0.15) is 0 Å². The first kappa shape index (κ1) is 25.2. The minimum Gasteiger partial charge on any atom is -0.358 e. The average Bonchev–Trinajstić information content (AvgIpc) is 3.34. The van der Waals surface area contributed by atoms with E-state index in [0.717, 1.165) is 37.2 Å². The van der Waals surface area contributed by atoms with Crippen LogP contribution in [0.25, 0.3) is 11.6 Å². The topological polar surface area (TPSA) is 99.3 Å². The Kier molecular flexibility index (Phi) is 6.88. The Labute approximate surface area is 217 Å². The van der Waals surface area contributed by atoms with Crippen LogP contribution in [-0.2, 0) is 20.4 Å². The number of sulfone groups is 1. The Balaban J connectivity index is 1.45. The number of likely N-dealkylation sites (tertiary alicyclic amines) is 1. The van der Waals surface area contributed by atoms with Crippen molar-refractivity contribution in [3.05, 3.63) is 82.2 Å². The van der Waals surface area contributed by atoms with Gasteiger partial charge in [-0.15, -0.1) is 0 Å². The van der Waals surface area contributed by atoms with E-state index >= 15 is 0 Å². The lowest BCUT2D eigenvalue weighted by Crippen LogP contribution is -2.34. The SMILES string of the molecule is Cc1[nH]c(C=C2C(=O)Nc3ccc(S(=O)(=O)Cc4ccccc4)cc32)c(C)c1C(=O)CN1CCCCC1. The number of nitrogens with zero attached hydrogens (tertiary/aromatic N) is 1. The van der Waals surface area contributed by atoms with Crippen LogP contribution in [0.5, 0.6) is 0 Å². The number of amides is 1. The summed E-state index contributed by atoms with van der Waals surface area (Å²) in [6.45, 7) is 6.03. The molecular formula is C29H31N3O4S. The van der Waals surface area contributed by atoms with Crippen LogP contribution < -0.4 is 5.32 Å². The maximum atomic E-state index is 13.1. The zero-order chi connectivity index (χ0) is 26.2. The Morgan fingerprint density at radius 2 is 1.76 bits per heavy atom. The van der Waals surface area contributed by atoms with Crippen molar-refractivity contribution in [1.82, 2.24) is 9.88 Å². The lowest BCUT2D eigenvalue weighted by atomic mass is 10.0. The largest absolute Gasteiger partial charge is 0.358 e. The second kappa shape index (κ2) is 10.1. The molecule has 2 N–H and O–H groups in total. The minimum atomic E-state index is -3.61. The van der Waals surface area contributed by atoms with E-state index in [1.807, 2.05) is 32.0 Å². The van der Waals surface area contributed by atoms with Gasteiger partial charge >= 0.3 is 0 Å². The molecule has 0 unspecified atom stereocenters. The molecule has 3 aromatic rings. The van der Waals surface area contributed by atoms with Crippen molar-refractivity contribution in [2.24, 2.45) is 0 Å². The zero-order valence-corrected chi connectivity index (χ0v) is 22.0. The zero-order valence-electron chi connectivity index (χ0n) is 21.1. The first-order valence-corrected chi connectivity index (χ1v) is 14.3. The summed E-state index contributed by atoms with van der Waals surface area (Å²) in [6.07, 6.45) is 5.17. The number of hydrogen-bond acceptors (Lipinski definition) is 5. The molecule has 1 fully saturated rings. The number of rotatable bonds is 7. The van der Waals surface area contributed by atoms with Gasteiger partial charge in [0.25, 0.3) is 5.91 Å². The molecular weight excluding hydrogens is 486 g/mol. The highest BCUT2D eigenvalue weighted by atomic mass is 32.2. The third-order valence-corrected chi connectivity index (χ3v) is 8.88. The maximum Gasteiger partial charge on any atom is 0.256 e. The molecule has 192 valence electrons. The third-order valence-electron chi connectivity index (χ3n) is 7.19. The van der Waals surface area contributed by atoms with Gasteiger partial charge in [0.15, 0.2) is 15.6 Å². The van der Waals surface area contributed by atoms with E-state index in [0.29, 0.717) is 40.2 Å². The highest BCUT2D eigenvalue weighted by Crippen LogP contribution is 2.36. The van der Waals surface area contributed by atoms with Crippen molar-refractivity contribution in [2.45, 2.75) is 43.8 Å². The van der Waals surface area contributed by atoms with Crippen molar-refractivity contribution in [3.63, 3.8) is 0 Å². The fourth-order valence-corrected chi connectivity index (χ4v) is 6.63. The Morgan fingerprint density at radius 1 is 1.03 bits per heavy atom. The molecule has 8 heteroatoms. The summed E-state index contributed by atoms with van der Waals surface area (Å²) < 4.78 is 26.2. The van der Waals surface area contributed by atoms with Crippen LogP contribution in [-0.4, -0.2) is 49.6 Å². The van der Waals surface area contributed by atoms with Crippen LogP contribution in [0.2, 0.25) is 0 Å². The summed E-state index contributed by atoms with van der Waals surface area (Å²) in [4.78, 5) is 31.7. The monoisotopic (exact) mass is 517 g/mol. The number of ketones is 1. The van der Waals surface area contributed by atoms with Gasteiger partial charge in [-0.1, -0.05) is 36.8 Å². The van der Waals surface area contributed by atoms with Gasteiger partial charge in [-0.05, 0) is 75.2 Å². The lowest BCUT2D eigenvalue weighted by Gasteiger charge is -2.25. The van der Waals surface area contributed by atoms with E-state index in [-0.39, 0.29) is 22.3 Å². The second-order valence-electron chi connectivity index (χ2n) is 9.89. The van der Waals surface area contributed by atoms with E-state index in [1.54, 1.807) is 30.3 Å². The molecule has 2 aliphatic rings. The quantitative estimate of drug-likeness (QED) is 0.348. The molecule has 1 aromatic heterocycles. The molecule has 5 rings (SSSR count). The number of H-pyrrole nitrogens is 1. The summed E-state index contributed by atoms with van der Waals surface area (Å²) in [5.41, 5.74) is 5.07. The van der Waals surface area contributed by atoms with E-state index < -0.39 is 9.84 Å². The molecule has 3 heterocycles. The molecule has 0 aliphatic carbocycles. The van der Waals surface area contributed by atoms with Crippen molar-refractivity contribution in [1.29, 1.82) is 0 Å². The number of carbonyl (C=O) groups excluding carboxylic acids is 2. The van der Waals surface area contributed by atoms with Crippen molar-refractivity contribution >= 4 is 38.9 Å². The average molecular weight is 518 g/mol. The summed E-state index contributed by atoms with van der Waals surface area (Å²) in [5, 5.41) is 2.82. The summed E-state index contributed by atoms with van der Waals surface area (Å²) in [7, 11) is -3.61. The normalized spacial score (nSPS) is 17.1. The first-order chi connectivity index (χ1) is 17.7. The molecule has 2 aromatic carbocycles. The predicted octanol–water partition coefficient (Wildman–Crippen LogP) is 4.77. The highest BCUT2D eigenvalue weighted by Gasteiger charge is 2.28. The molecule has 0 atom stereocenters. The lowest BCUT2D eigenvalue weighted by molar-refractivity contribution is -0.110. The number of carbonyl (C=O) groups is 2. The summed E-state index contributed by atoms with van der Waals surface area (Å²) in [6, 6.07) is 13.7. The summed E-state index contributed by atoms with van der Waals surface area (Å²) >= 11 is 0. The van der Waals surface area contributed by atoms with E-state index in [1.165, 1.54) is 12.5 Å². The van der Waals surface area contributed by atoms with E-state index in [4.69, 9.17) is 0 Å². The van der Waals surface area contributed by atoms with Crippen LogP contribution >= 0.6 is 0 Å². The van der Waals surface area contributed by atoms with E-state index in [2.05, 4.69) is 15.2 Å². The summed E-state index contributed by atoms with van der Waals surface area (Å²) in [5.74, 6) is -0.353. The Hall–Kier alpha value is -3.49. The molecule has 0 saturated carbocycles. The van der Waals surface area contributed by atoms with Gasteiger partial charge in [0, 0.05) is 28.2 Å². The number of benzene rings is 2. The smallest absolute Gasteiger partial charge is 0.256 e. The van der Waals surface area contributed by atoms with E-state index in [9.17, 15) is 18.0 Å². The van der Waals surface area contributed by atoms with Gasteiger partial charge in [-0.2, -0.15) is 0 Å². The molecule has 1 amide bonds. The molecule has 1 saturated heterocycles. The van der Waals surface area contributed by atoms with Crippen molar-refractivity contribution in [3.8, 4) is 0 Å². The third kappa shape index (κ3) is 5.17. The van der Waals surface area contributed by atoms with Crippen LogP contribution in [0.15, 0.2) is 53.4 Å². The van der Waals surface area contributed by atoms with Crippen LogP contribution in [0, 0.1) is 13.8 Å². The van der Waals surface area contributed by atoms with Crippen molar-refractivity contribution in [2.75, 3.05) is 25.0 Å². The van der Waals surface area contributed by atoms with Crippen molar-refractivity contribution < 1.29 is 18.0 Å². The van der Waals surface area contributed by atoms with Gasteiger partial charge < -0.3 is 10.3 Å². The number of fused-ring (bicyclic) bond motifs is 1. The number of aromatic amines is 1. The molecule has 37 heavy (non-hydrogen) atoms. The fraction of sp³-hybridized carbons (Fsp3) is 0.310. The number of aromatic nitrogens is 1. The number of anilines is 1. The number of nitrogens with one attached hydrogen (secondary N) is 2. The minimum absolute atomic E-state index is 0.0726. The van der Waals surface area contributed by atoms with Crippen LogP contribution in [0.4, 0.5) is 5.69 Å². The predicted molar refractivity (Wildman–Crippen MR) is 145 cm³/mol. The van der Waals surface area contributed by atoms with Gasteiger partial charge in [-0.25, -0.2) is 8.42 Å². The van der Waals surface area contributed by atoms with Gasteiger partial charge in [0.05, 0.1) is 22.8 Å². The first-order valence-electron chi connectivity index (χ1n) is 12.6. The molecule has 0 spiro atoms. The standard InChI is InChI=1S/C29H31N3O4S/c1-19-26(30-20(2)28(19)27(33)17-32-13-7-4-8-14-32)16-24-23-15-22(11-12-25(23)31-29(24)34)37(35,36)18-21-9-5-3-6-10-21/h3,5-6,9-12,15-16,30H,4,7-8,13-14,17-18H2,1-2H3,(H,31,34). The second-order valence-corrected chi connectivity index (χ2v) is 11.9. The molecule has 7 nitrogen and oxygen atoms in total. The number of hydrogen-bond donors (Lipinski definition) is 2. The maximum absolute atomic E-state index is 13.1. The Bertz CT molecular complexity index is 1500. The fourth-order valence-electron chi connectivity index (χ4n) is 5.26. The number of aryl methyl sites for hydroxylation is 1. The number of Topliss-reactive ketones (excluding diaryl/α,β-unsaturated/α-hetero) is 1. The number of piperidine rings is 1. The van der Waals surface area contributed by atoms with Gasteiger partial charge in [0.2, 0.25) is 0 Å². The highest BCUT2D eigenvalue weighted by molar-refractivity contribution is 7.90. The molecule has 0 bridgehead atoms.